The third-order valence-electron chi connectivity index (χ3n) is 4.17. The molecule has 3 aromatic rings. The van der Waals surface area contributed by atoms with E-state index in [0.717, 1.165) is 16.7 Å². The molecule has 148 valence electrons. The molecule has 29 heavy (non-hydrogen) atoms. The van der Waals surface area contributed by atoms with Crippen LogP contribution in [-0.2, 0) is 16.0 Å². The van der Waals surface area contributed by atoms with Crippen molar-refractivity contribution in [2.75, 3.05) is 6.61 Å². The minimum absolute atomic E-state index is 0.202. The van der Waals surface area contributed by atoms with Gasteiger partial charge in [0.15, 0.2) is 0 Å². The Morgan fingerprint density at radius 3 is 2.45 bits per heavy atom. The largest absolute Gasteiger partial charge is 0.462 e. The standard InChI is InChI=1S/C23H22N2O4/c1-3-28-23(27)19-10-8-18(9-11-19)21-13-12-20(29-21)15-24-25-22(26)14-17-6-4-16(2)5-7-17/h4-13,15H,3,14H2,1-2H3,(H,25,26)/b24-15-. The second-order valence-corrected chi connectivity index (χ2v) is 6.46. The zero-order chi connectivity index (χ0) is 20.6. The molecule has 6 nitrogen and oxygen atoms in total. The van der Waals surface area contributed by atoms with E-state index in [0.29, 0.717) is 23.7 Å². The lowest BCUT2D eigenvalue weighted by atomic mass is 10.1. The molecule has 3 rings (SSSR count). The molecule has 0 aliphatic heterocycles. The van der Waals surface area contributed by atoms with E-state index in [-0.39, 0.29) is 18.3 Å². The van der Waals surface area contributed by atoms with Crippen LogP contribution in [0.25, 0.3) is 11.3 Å². The molecule has 1 heterocycles. The Morgan fingerprint density at radius 1 is 1.03 bits per heavy atom. The Balaban J connectivity index is 1.56. The van der Waals surface area contributed by atoms with Gasteiger partial charge in [-0.1, -0.05) is 42.0 Å². The molecule has 1 aromatic heterocycles. The fourth-order valence-electron chi connectivity index (χ4n) is 2.66. The summed E-state index contributed by atoms with van der Waals surface area (Å²) in [5, 5.41) is 3.94. The van der Waals surface area contributed by atoms with Gasteiger partial charge >= 0.3 is 5.97 Å². The van der Waals surface area contributed by atoms with E-state index in [9.17, 15) is 9.59 Å². The summed E-state index contributed by atoms with van der Waals surface area (Å²) in [5.74, 6) is 0.581. The van der Waals surface area contributed by atoms with Crippen molar-refractivity contribution in [1.82, 2.24) is 5.43 Å². The van der Waals surface area contributed by atoms with Crippen molar-refractivity contribution in [3.8, 4) is 11.3 Å². The minimum atomic E-state index is -0.354. The van der Waals surface area contributed by atoms with Gasteiger partial charge in [0.1, 0.15) is 11.5 Å². The Bertz CT molecular complexity index is 1000. The van der Waals surface area contributed by atoms with Crippen LogP contribution in [0.5, 0.6) is 0 Å². The predicted octanol–water partition coefficient (Wildman–Crippen LogP) is 4.12. The molecule has 1 amide bonds. The lowest BCUT2D eigenvalue weighted by molar-refractivity contribution is -0.120. The van der Waals surface area contributed by atoms with Gasteiger partial charge in [-0.05, 0) is 43.7 Å². The van der Waals surface area contributed by atoms with E-state index >= 15 is 0 Å². The molecule has 2 aromatic carbocycles. The van der Waals surface area contributed by atoms with Crippen LogP contribution in [0.3, 0.4) is 0 Å². The van der Waals surface area contributed by atoms with Crippen molar-refractivity contribution in [2.24, 2.45) is 5.10 Å². The first-order valence-electron chi connectivity index (χ1n) is 9.30. The van der Waals surface area contributed by atoms with Gasteiger partial charge in [-0.25, -0.2) is 10.2 Å². The first kappa shape index (κ1) is 20.1. The average Bonchev–Trinajstić information content (AvgIpc) is 3.19. The van der Waals surface area contributed by atoms with Crippen LogP contribution in [0, 0.1) is 6.92 Å². The lowest BCUT2D eigenvalue weighted by Crippen LogP contribution is -2.19. The third-order valence-corrected chi connectivity index (χ3v) is 4.17. The maximum absolute atomic E-state index is 12.0. The van der Waals surface area contributed by atoms with Gasteiger partial charge in [0.25, 0.3) is 0 Å². The summed E-state index contributed by atoms with van der Waals surface area (Å²) in [6.45, 7) is 4.10. The second-order valence-electron chi connectivity index (χ2n) is 6.46. The highest BCUT2D eigenvalue weighted by Gasteiger charge is 2.08. The van der Waals surface area contributed by atoms with Crippen molar-refractivity contribution in [3.05, 3.63) is 83.1 Å². The van der Waals surface area contributed by atoms with E-state index in [1.807, 2.05) is 31.2 Å². The molecule has 0 saturated carbocycles. The summed E-state index contributed by atoms with van der Waals surface area (Å²) in [4.78, 5) is 23.7. The topological polar surface area (TPSA) is 80.9 Å². The van der Waals surface area contributed by atoms with Gasteiger partial charge < -0.3 is 9.15 Å². The number of carbonyl (C=O) groups excluding carboxylic acids is 2. The number of ether oxygens (including phenoxy) is 1. The van der Waals surface area contributed by atoms with Crippen LogP contribution in [-0.4, -0.2) is 24.7 Å². The second kappa shape index (κ2) is 9.50. The highest BCUT2D eigenvalue weighted by atomic mass is 16.5. The number of esters is 1. The summed E-state index contributed by atoms with van der Waals surface area (Å²) >= 11 is 0. The Kier molecular flexibility index (Phi) is 6.58. The van der Waals surface area contributed by atoms with Crippen LogP contribution in [0.1, 0.15) is 34.2 Å². The van der Waals surface area contributed by atoms with Gasteiger partial charge in [-0.15, -0.1) is 0 Å². The number of hydrogen-bond acceptors (Lipinski definition) is 5. The lowest BCUT2D eigenvalue weighted by Gasteiger charge is -2.02. The van der Waals surface area contributed by atoms with Crippen LogP contribution in [0.2, 0.25) is 0 Å². The zero-order valence-corrected chi connectivity index (χ0v) is 16.3. The molecule has 0 unspecified atom stereocenters. The minimum Gasteiger partial charge on any atom is -0.462 e. The molecule has 1 N–H and O–H groups in total. The van der Waals surface area contributed by atoms with E-state index in [2.05, 4.69) is 10.5 Å². The first-order chi connectivity index (χ1) is 14.0. The third kappa shape index (κ3) is 5.65. The molecule has 0 radical (unpaired) electrons. The Morgan fingerprint density at radius 2 is 1.76 bits per heavy atom. The number of amides is 1. The Hall–Kier alpha value is -3.67. The average molecular weight is 390 g/mol. The number of benzene rings is 2. The van der Waals surface area contributed by atoms with E-state index in [1.54, 1.807) is 43.3 Å². The van der Waals surface area contributed by atoms with Crippen LogP contribution < -0.4 is 5.43 Å². The molecule has 0 atom stereocenters. The van der Waals surface area contributed by atoms with Crippen LogP contribution >= 0.6 is 0 Å². The SMILES string of the molecule is CCOC(=O)c1ccc(-c2ccc(/C=N\NC(=O)Cc3ccc(C)cc3)o2)cc1. The van der Waals surface area contributed by atoms with E-state index in [1.165, 1.54) is 6.21 Å². The molecule has 0 bridgehead atoms. The van der Waals surface area contributed by atoms with Crippen molar-refractivity contribution >= 4 is 18.1 Å². The van der Waals surface area contributed by atoms with Crippen molar-refractivity contribution < 1.29 is 18.7 Å². The van der Waals surface area contributed by atoms with Crippen molar-refractivity contribution in [2.45, 2.75) is 20.3 Å². The number of rotatable bonds is 7. The Labute approximate surface area is 169 Å². The normalized spacial score (nSPS) is 10.8. The van der Waals surface area contributed by atoms with Crippen molar-refractivity contribution in [3.63, 3.8) is 0 Å². The molecular weight excluding hydrogens is 368 g/mol. The monoisotopic (exact) mass is 390 g/mol. The molecule has 0 aliphatic rings. The summed E-state index contributed by atoms with van der Waals surface area (Å²) in [5.41, 5.74) is 5.88. The highest BCUT2D eigenvalue weighted by Crippen LogP contribution is 2.22. The van der Waals surface area contributed by atoms with Gasteiger partial charge in [0.05, 0.1) is 24.8 Å². The molecule has 0 aliphatic carbocycles. The van der Waals surface area contributed by atoms with Crippen molar-refractivity contribution in [1.29, 1.82) is 0 Å². The van der Waals surface area contributed by atoms with Crippen LogP contribution in [0.15, 0.2) is 70.2 Å². The fourth-order valence-corrected chi connectivity index (χ4v) is 2.66. The van der Waals surface area contributed by atoms with Gasteiger partial charge in [-0.3, -0.25) is 4.79 Å². The number of aryl methyl sites for hydroxylation is 1. The van der Waals surface area contributed by atoms with E-state index < -0.39 is 0 Å². The van der Waals surface area contributed by atoms with Crippen LogP contribution in [0.4, 0.5) is 0 Å². The number of nitrogens with one attached hydrogen (secondary N) is 1. The fraction of sp³-hybridized carbons (Fsp3) is 0.174. The quantitative estimate of drug-likeness (QED) is 0.374. The zero-order valence-electron chi connectivity index (χ0n) is 16.3. The summed E-state index contributed by atoms with van der Waals surface area (Å²) in [6.07, 6.45) is 1.71. The molecule has 0 spiro atoms. The highest BCUT2D eigenvalue weighted by molar-refractivity contribution is 5.90. The summed E-state index contributed by atoms with van der Waals surface area (Å²) < 4.78 is 10.7. The number of carbonyl (C=O) groups is 2. The molecule has 0 fully saturated rings. The smallest absolute Gasteiger partial charge is 0.338 e. The molecule has 0 saturated heterocycles. The maximum Gasteiger partial charge on any atom is 0.338 e. The first-order valence-corrected chi connectivity index (χ1v) is 9.30. The van der Waals surface area contributed by atoms with Gasteiger partial charge in [-0.2, -0.15) is 5.10 Å². The maximum atomic E-state index is 12.0. The van der Waals surface area contributed by atoms with Gasteiger partial charge in [0.2, 0.25) is 5.91 Å². The molecule has 6 heteroatoms. The number of furan rings is 1. The number of nitrogens with zero attached hydrogens (tertiary/aromatic N) is 1. The predicted molar refractivity (Wildman–Crippen MR) is 111 cm³/mol. The summed E-state index contributed by atoms with van der Waals surface area (Å²) in [6, 6.07) is 18.3. The number of hydrazone groups is 1. The summed E-state index contributed by atoms with van der Waals surface area (Å²) in [7, 11) is 0. The molecular formula is C23H22N2O4. The number of hydrogen-bond donors (Lipinski definition) is 1. The van der Waals surface area contributed by atoms with Gasteiger partial charge in [0, 0.05) is 5.56 Å². The van der Waals surface area contributed by atoms with E-state index in [4.69, 9.17) is 9.15 Å².